The van der Waals surface area contributed by atoms with E-state index in [4.69, 9.17) is 27.6 Å². The van der Waals surface area contributed by atoms with Crippen molar-refractivity contribution in [2.75, 3.05) is 0 Å². The van der Waals surface area contributed by atoms with Crippen molar-refractivity contribution in [2.24, 2.45) is 0 Å². The maximum absolute atomic E-state index is 9.56. The van der Waals surface area contributed by atoms with Gasteiger partial charge >= 0.3 is 0 Å². The molecule has 6 nitrogen and oxygen atoms in total. The summed E-state index contributed by atoms with van der Waals surface area (Å²) in [5.74, 6) is 1.30. The van der Waals surface area contributed by atoms with Crippen LogP contribution in [0.5, 0.6) is 0 Å². The molecular weight excluding hydrogens is 627 g/mol. The van der Waals surface area contributed by atoms with Gasteiger partial charge in [-0.2, -0.15) is 9.97 Å². The first kappa shape index (κ1) is 21.8. The standard InChI is InChI=1S/C45H27N5O/c1-3-14-28(15-4-1)43-46-44(29-16-5-2-6-17-29)48-45(47-43)50-36-22-11-8-19-31(36)33-27-26-32-30-18-7-10-21-35(30)49(41(32)42(33)50)37-23-13-25-39-40(37)34-20-9-12-24-38(34)51-39/h1-27H/i9D,12D,13D,20D,23D,24D,25D. The minimum absolute atomic E-state index is 0.0362. The normalized spacial score (nSPS) is 13.8. The van der Waals surface area contributed by atoms with Crippen molar-refractivity contribution in [3.63, 3.8) is 0 Å². The van der Waals surface area contributed by atoms with Crippen molar-refractivity contribution in [1.29, 1.82) is 0 Å². The lowest BCUT2D eigenvalue weighted by Crippen LogP contribution is -2.07. The van der Waals surface area contributed by atoms with E-state index in [1.165, 1.54) is 0 Å². The van der Waals surface area contributed by atoms with Crippen LogP contribution in [-0.2, 0) is 0 Å². The minimum atomic E-state index is -0.480. The van der Waals surface area contributed by atoms with Gasteiger partial charge in [0.2, 0.25) is 5.95 Å². The molecule has 0 aliphatic heterocycles. The summed E-state index contributed by atoms with van der Waals surface area (Å²) in [6.07, 6.45) is 0. The van der Waals surface area contributed by atoms with Crippen LogP contribution < -0.4 is 0 Å². The molecule has 4 heterocycles. The first-order valence-corrected chi connectivity index (χ1v) is 16.5. The van der Waals surface area contributed by atoms with Gasteiger partial charge in [0.15, 0.2) is 11.6 Å². The van der Waals surface area contributed by atoms with Crippen LogP contribution in [0, 0.1) is 0 Å². The van der Waals surface area contributed by atoms with Gasteiger partial charge in [0.05, 0.1) is 42.7 Å². The average Bonchev–Trinajstić information content (AvgIpc) is 3.94. The molecule has 0 saturated carbocycles. The quantitative estimate of drug-likeness (QED) is 0.188. The molecule has 11 rings (SSSR count). The van der Waals surface area contributed by atoms with Gasteiger partial charge in [-0.3, -0.25) is 4.57 Å². The van der Waals surface area contributed by atoms with E-state index in [1.807, 2.05) is 124 Å². The van der Waals surface area contributed by atoms with Crippen LogP contribution in [0.4, 0.5) is 0 Å². The zero-order chi connectivity index (χ0) is 39.6. The monoisotopic (exact) mass is 660 g/mol. The van der Waals surface area contributed by atoms with Gasteiger partial charge < -0.3 is 8.98 Å². The van der Waals surface area contributed by atoms with Crippen LogP contribution >= 0.6 is 0 Å². The van der Waals surface area contributed by atoms with Crippen LogP contribution in [0.25, 0.3) is 100.0 Å². The molecule has 6 heteroatoms. The summed E-state index contributed by atoms with van der Waals surface area (Å²) in [5.41, 5.74) is 4.34. The molecule has 0 radical (unpaired) electrons. The molecule has 0 aliphatic rings. The van der Waals surface area contributed by atoms with Crippen molar-refractivity contribution < 1.29 is 14.0 Å². The fourth-order valence-corrected chi connectivity index (χ4v) is 7.35. The zero-order valence-corrected chi connectivity index (χ0v) is 26.7. The average molecular weight is 661 g/mol. The largest absolute Gasteiger partial charge is 0.456 e. The fourth-order valence-electron chi connectivity index (χ4n) is 7.35. The Balaban J connectivity index is 1.37. The second-order valence-electron chi connectivity index (χ2n) is 12.3. The smallest absolute Gasteiger partial charge is 0.238 e. The van der Waals surface area contributed by atoms with E-state index < -0.39 is 24.2 Å². The van der Waals surface area contributed by atoms with Crippen LogP contribution in [0.1, 0.15) is 9.60 Å². The maximum atomic E-state index is 9.56. The molecule has 51 heavy (non-hydrogen) atoms. The Morgan fingerprint density at radius 1 is 0.451 bits per heavy atom. The van der Waals surface area contributed by atoms with Gasteiger partial charge in [-0.05, 0) is 30.3 Å². The van der Waals surface area contributed by atoms with E-state index in [0.717, 1.165) is 38.2 Å². The molecule has 0 fully saturated rings. The van der Waals surface area contributed by atoms with E-state index in [0.29, 0.717) is 34.1 Å². The molecule has 0 saturated heterocycles. The van der Waals surface area contributed by atoms with E-state index in [-0.39, 0.29) is 45.8 Å². The van der Waals surface area contributed by atoms with Crippen molar-refractivity contribution in [1.82, 2.24) is 24.1 Å². The summed E-state index contributed by atoms with van der Waals surface area (Å²) >= 11 is 0. The number of nitrogens with zero attached hydrogens (tertiary/aromatic N) is 5. The molecular formula is C45H27N5O. The van der Waals surface area contributed by atoms with Crippen molar-refractivity contribution in [3.8, 4) is 34.4 Å². The van der Waals surface area contributed by atoms with Gasteiger partial charge in [-0.25, -0.2) is 4.98 Å². The summed E-state index contributed by atoms with van der Waals surface area (Å²) in [7, 11) is 0. The third kappa shape index (κ3) is 4.07. The number of rotatable bonds is 4. The summed E-state index contributed by atoms with van der Waals surface area (Å²) in [4.78, 5) is 15.2. The molecule has 0 unspecified atom stereocenters. The Bertz CT molecular complexity index is 3490. The number of benzene rings is 7. The highest BCUT2D eigenvalue weighted by atomic mass is 16.3. The van der Waals surface area contributed by atoms with Crippen molar-refractivity contribution >= 4 is 65.6 Å². The lowest BCUT2D eigenvalue weighted by atomic mass is 10.1. The molecule has 0 bridgehead atoms. The first-order chi connectivity index (χ1) is 28.2. The van der Waals surface area contributed by atoms with Gasteiger partial charge in [-0.1, -0.05) is 133 Å². The highest BCUT2D eigenvalue weighted by Gasteiger charge is 2.24. The highest BCUT2D eigenvalue weighted by Crippen LogP contribution is 2.43. The number of fused-ring (bicyclic) bond motifs is 10. The van der Waals surface area contributed by atoms with Crippen LogP contribution in [-0.4, -0.2) is 24.1 Å². The topological polar surface area (TPSA) is 61.7 Å². The zero-order valence-electron chi connectivity index (χ0n) is 33.7. The maximum Gasteiger partial charge on any atom is 0.238 e. The molecule has 238 valence electrons. The minimum Gasteiger partial charge on any atom is -0.456 e. The van der Waals surface area contributed by atoms with Crippen LogP contribution in [0.2, 0.25) is 0 Å². The molecule has 4 aromatic heterocycles. The second kappa shape index (κ2) is 10.7. The van der Waals surface area contributed by atoms with Crippen LogP contribution in [0.3, 0.4) is 0 Å². The van der Waals surface area contributed by atoms with Crippen LogP contribution in [0.15, 0.2) is 168 Å². The molecule has 0 atom stereocenters. The van der Waals surface area contributed by atoms with Gasteiger partial charge in [0.25, 0.3) is 0 Å². The lowest BCUT2D eigenvalue weighted by molar-refractivity contribution is 0.669. The first-order valence-electron chi connectivity index (χ1n) is 20.0. The van der Waals surface area contributed by atoms with Gasteiger partial charge in [0.1, 0.15) is 11.2 Å². The van der Waals surface area contributed by atoms with E-state index in [9.17, 15) is 1.37 Å². The number of hydrogen-bond donors (Lipinski definition) is 0. The molecule has 7 aromatic carbocycles. The molecule has 0 N–H and O–H groups in total. The SMILES string of the molecule is [2H]c1c([2H])c([2H])c2c(oc3c([2H])c([2H])c([2H])c(-n4c5ccccc5c5ccc6c7ccccc7n(-c7nc(-c8ccccc8)nc(-c8ccccc8)n7)c6c54)c32)c1[2H]. The summed E-state index contributed by atoms with van der Waals surface area (Å²) in [6, 6.07) is 36.4. The number of hydrogen-bond acceptors (Lipinski definition) is 4. The third-order valence-corrected chi connectivity index (χ3v) is 9.51. The predicted molar refractivity (Wildman–Crippen MR) is 207 cm³/mol. The summed E-state index contributed by atoms with van der Waals surface area (Å²) < 4.78 is 72.3. The number of aromatic nitrogens is 5. The van der Waals surface area contributed by atoms with E-state index in [2.05, 4.69) is 6.07 Å². The van der Waals surface area contributed by atoms with E-state index in [1.54, 1.807) is 0 Å². The van der Waals surface area contributed by atoms with Gasteiger partial charge in [0, 0.05) is 38.1 Å². The number of para-hydroxylation sites is 3. The Morgan fingerprint density at radius 3 is 1.67 bits per heavy atom. The molecule has 11 aromatic rings. The summed E-state index contributed by atoms with van der Waals surface area (Å²) in [6.45, 7) is 0. The number of furan rings is 1. The lowest BCUT2D eigenvalue weighted by Gasteiger charge is -2.14. The predicted octanol–water partition coefficient (Wildman–Crippen LogP) is 11.3. The van der Waals surface area contributed by atoms with E-state index >= 15 is 0 Å². The van der Waals surface area contributed by atoms with Gasteiger partial charge in [-0.15, -0.1) is 0 Å². The second-order valence-corrected chi connectivity index (χ2v) is 12.3. The van der Waals surface area contributed by atoms with Crippen molar-refractivity contribution in [3.05, 3.63) is 164 Å². The summed E-state index contributed by atoms with van der Waals surface area (Å²) in [5, 5.41) is 3.62. The fraction of sp³-hybridized carbons (Fsp3) is 0. The Hall–Kier alpha value is -7.05. The molecule has 0 amide bonds. The molecule has 0 aliphatic carbocycles. The Kier molecular flexibility index (Phi) is 4.59. The Labute approximate surface area is 301 Å². The van der Waals surface area contributed by atoms with Crippen molar-refractivity contribution in [2.45, 2.75) is 0 Å². The molecule has 0 spiro atoms. The Morgan fingerprint density at radius 2 is 1.00 bits per heavy atom. The highest BCUT2D eigenvalue weighted by molar-refractivity contribution is 6.24. The third-order valence-electron chi connectivity index (χ3n) is 9.51.